The first kappa shape index (κ1) is 27.2. The first-order valence-corrected chi connectivity index (χ1v) is 14.8. The highest BCUT2D eigenvalue weighted by Gasteiger charge is 2.36. The van der Waals surface area contributed by atoms with Gasteiger partial charge in [-0.2, -0.15) is 0 Å². The highest BCUT2D eigenvalue weighted by atomic mass is 35.5. The number of aromatic nitrogens is 2. The van der Waals surface area contributed by atoms with E-state index in [1.165, 1.54) is 30.0 Å². The first-order chi connectivity index (χ1) is 17.7. The number of rotatable bonds is 9. The van der Waals surface area contributed by atoms with Crippen molar-refractivity contribution in [1.82, 2.24) is 14.9 Å². The fraction of sp³-hybridized carbons (Fsp3) is 0.346. The number of sulfone groups is 1. The standard InChI is InChI=1S/C26H28ClN3O5S2/c1-17-6-4-5-7-19(17)15-36-26-28-13-21(27)24(29-26)25(31)30(20-10-11-37(32,33)16-20)14-18-8-9-22(34-2)23(12-18)35-3/h4-9,12-13,20H,10-11,14-16H2,1-3H3. The SMILES string of the molecule is COc1ccc(CN(C(=O)c2nc(SCc3ccccc3C)ncc2Cl)C2CCS(=O)(=O)C2)cc1OC. The summed E-state index contributed by atoms with van der Waals surface area (Å²) in [6, 6.07) is 12.9. The highest BCUT2D eigenvalue weighted by molar-refractivity contribution is 7.98. The molecule has 0 saturated carbocycles. The van der Waals surface area contributed by atoms with Crippen LogP contribution in [0.15, 0.2) is 53.8 Å². The normalized spacial score (nSPS) is 16.4. The predicted octanol–water partition coefficient (Wildman–Crippen LogP) is 4.58. The minimum absolute atomic E-state index is 0.0302. The lowest BCUT2D eigenvalue weighted by Crippen LogP contribution is -2.41. The Hall–Kier alpha value is -2.82. The summed E-state index contributed by atoms with van der Waals surface area (Å²) in [5.41, 5.74) is 3.11. The Kier molecular flexibility index (Phi) is 8.61. The van der Waals surface area contributed by atoms with Gasteiger partial charge in [0.1, 0.15) is 0 Å². The van der Waals surface area contributed by atoms with Crippen LogP contribution in [0.3, 0.4) is 0 Å². The molecule has 196 valence electrons. The van der Waals surface area contributed by atoms with Gasteiger partial charge < -0.3 is 14.4 Å². The second-order valence-corrected chi connectivity index (χ2v) is 12.3. The Morgan fingerprint density at radius 3 is 2.59 bits per heavy atom. The summed E-state index contributed by atoms with van der Waals surface area (Å²) in [6.45, 7) is 2.20. The van der Waals surface area contributed by atoms with Crippen molar-refractivity contribution >= 4 is 39.1 Å². The van der Waals surface area contributed by atoms with Crippen LogP contribution in [0.1, 0.15) is 33.6 Å². The molecule has 0 bridgehead atoms. The summed E-state index contributed by atoms with van der Waals surface area (Å²) in [6.07, 6.45) is 1.76. The predicted molar refractivity (Wildman–Crippen MR) is 144 cm³/mol. The molecule has 1 aliphatic heterocycles. The molecule has 0 N–H and O–H groups in total. The van der Waals surface area contributed by atoms with E-state index >= 15 is 0 Å². The van der Waals surface area contributed by atoms with Crippen LogP contribution in [0.5, 0.6) is 11.5 Å². The van der Waals surface area contributed by atoms with Gasteiger partial charge in [-0.15, -0.1) is 0 Å². The van der Waals surface area contributed by atoms with Crippen LogP contribution in [0.4, 0.5) is 0 Å². The zero-order valence-electron chi connectivity index (χ0n) is 20.8. The zero-order chi connectivity index (χ0) is 26.6. The second kappa shape index (κ2) is 11.7. The van der Waals surface area contributed by atoms with Gasteiger partial charge in [0.15, 0.2) is 32.2 Å². The third kappa shape index (κ3) is 6.55. The summed E-state index contributed by atoms with van der Waals surface area (Å²) in [5.74, 6) is 1.19. The van der Waals surface area contributed by atoms with E-state index in [-0.39, 0.29) is 28.8 Å². The van der Waals surface area contributed by atoms with Crippen molar-refractivity contribution in [1.29, 1.82) is 0 Å². The maximum atomic E-state index is 13.8. The monoisotopic (exact) mass is 561 g/mol. The number of ether oxygens (including phenoxy) is 2. The first-order valence-electron chi connectivity index (χ1n) is 11.6. The molecular weight excluding hydrogens is 534 g/mol. The van der Waals surface area contributed by atoms with Gasteiger partial charge >= 0.3 is 0 Å². The molecule has 1 amide bonds. The molecule has 1 unspecified atom stereocenters. The van der Waals surface area contributed by atoms with Gasteiger partial charge in [0.25, 0.3) is 5.91 Å². The lowest BCUT2D eigenvalue weighted by atomic mass is 10.1. The van der Waals surface area contributed by atoms with E-state index in [9.17, 15) is 13.2 Å². The molecule has 4 rings (SSSR count). The number of hydrogen-bond donors (Lipinski definition) is 0. The van der Waals surface area contributed by atoms with Crippen LogP contribution >= 0.6 is 23.4 Å². The van der Waals surface area contributed by atoms with E-state index in [0.717, 1.165) is 16.7 Å². The van der Waals surface area contributed by atoms with Crippen molar-refractivity contribution in [2.75, 3.05) is 25.7 Å². The number of amides is 1. The van der Waals surface area contributed by atoms with Crippen LogP contribution in [-0.4, -0.2) is 61.0 Å². The second-order valence-electron chi connectivity index (χ2n) is 8.74. The van der Waals surface area contributed by atoms with Crippen molar-refractivity contribution in [2.24, 2.45) is 0 Å². The summed E-state index contributed by atoms with van der Waals surface area (Å²) < 4.78 is 35.3. The van der Waals surface area contributed by atoms with Crippen LogP contribution in [0.2, 0.25) is 5.02 Å². The molecule has 0 radical (unpaired) electrons. The number of halogens is 1. The number of thioether (sulfide) groups is 1. The molecule has 3 aromatic rings. The van der Waals surface area contributed by atoms with Gasteiger partial charge in [0.05, 0.1) is 36.9 Å². The molecule has 11 heteroatoms. The molecule has 1 aromatic heterocycles. The van der Waals surface area contributed by atoms with Crippen molar-refractivity contribution in [3.8, 4) is 11.5 Å². The Labute approximate surface area is 226 Å². The Balaban J connectivity index is 1.63. The van der Waals surface area contributed by atoms with E-state index in [2.05, 4.69) is 9.97 Å². The highest BCUT2D eigenvalue weighted by Crippen LogP contribution is 2.31. The number of aryl methyl sites for hydroxylation is 1. The van der Waals surface area contributed by atoms with Gasteiger partial charge in [-0.3, -0.25) is 4.79 Å². The molecule has 1 aliphatic rings. The van der Waals surface area contributed by atoms with Gasteiger partial charge in [0.2, 0.25) is 0 Å². The van der Waals surface area contributed by atoms with E-state index in [1.54, 1.807) is 19.2 Å². The molecule has 2 aromatic carbocycles. The maximum Gasteiger partial charge on any atom is 0.274 e. The van der Waals surface area contributed by atoms with Gasteiger partial charge in [-0.05, 0) is 42.2 Å². The number of methoxy groups -OCH3 is 2. The summed E-state index contributed by atoms with van der Waals surface area (Å²) in [5, 5.41) is 0.532. The molecule has 37 heavy (non-hydrogen) atoms. The van der Waals surface area contributed by atoms with Gasteiger partial charge in [-0.25, -0.2) is 18.4 Å². The molecule has 0 spiro atoms. The summed E-state index contributed by atoms with van der Waals surface area (Å²) in [7, 11) is -0.165. The number of benzene rings is 2. The number of nitrogens with zero attached hydrogens (tertiary/aromatic N) is 3. The van der Waals surface area contributed by atoms with E-state index in [1.807, 2.05) is 37.3 Å². The average molecular weight is 562 g/mol. The largest absolute Gasteiger partial charge is 0.493 e. The molecule has 1 atom stereocenters. The van der Waals surface area contributed by atoms with E-state index in [4.69, 9.17) is 21.1 Å². The van der Waals surface area contributed by atoms with Crippen LogP contribution < -0.4 is 9.47 Å². The molecule has 1 saturated heterocycles. The summed E-state index contributed by atoms with van der Waals surface area (Å²) >= 11 is 7.80. The number of carbonyl (C=O) groups is 1. The average Bonchev–Trinajstić information content (AvgIpc) is 3.26. The van der Waals surface area contributed by atoms with Crippen LogP contribution in [0, 0.1) is 6.92 Å². The quantitative estimate of drug-likeness (QED) is 0.276. The lowest BCUT2D eigenvalue weighted by Gasteiger charge is -2.28. The molecule has 1 fully saturated rings. The van der Waals surface area contributed by atoms with Crippen LogP contribution in [0.25, 0.3) is 0 Å². The van der Waals surface area contributed by atoms with Gasteiger partial charge in [0, 0.05) is 18.3 Å². The zero-order valence-corrected chi connectivity index (χ0v) is 23.2. The minimum Gasteiger partial charge on any atom is -0.493 e. The fourth-order valence-corrected chi connectivity index (χ4v) is 6.98. The Bertz CT molecular complexity index is 1400. The topological polar surface area (TPSA) is 98.7 Å². The van der Waals surface area contributed by atoms with E-state index < -0.39 is 21.8 Å². The van der Waals surface area contributed by atoms with E-state index in [0.29, 0.717) is 28.8 Å². The lowest BCUT2D eigenvalue weighted by molar-refractivity contribution is 0.0673. The van der Waals surface area contributed by atoms with Crippen molar-refractivity contribution in [3.63, 3.8) is 0 Å². The molecular formula is C26H28ClN3O5S2. The Morgan fingerprint density at radius 1 is 1.16 bits per heavy atom. The smallest absolute Gasteiger partial charge is 0.274 e. The maximum absolute atomic E-state index is 13.8. The summed E-state index contributed by atoms with van der Waals surface area (Å²) in [4.78, 5) is 24.1. The third-order valence-corrected chi connectivity index (χ3v) is 9.19. The van der Waals surface area contributed by atoms with Crippen molar-refractivity contribution in [2.45, 2.75) is 36.8 Å². The van der Waals surface area contributed by atoms with Crippen LogP contribution in [-0.2, 0) is 22.1 Å². The molecule has 2 heterocycles. The number of carbonyl (C=O) groups excluding carboxylic acids is 1. The van der Waals surface area contributed by atoms with Crippen molar-refractivity contribution in [3.05, 3.63) is 76.1 Å². The third-order valence-electron chi connectivity index (χ3n) is 6.25. The fourth-order valence-electron chi connectivity index (χ4n) is 4.18. The Morgan fingerprint density at radius 2 is 1.92 bits per heavy atom. The molecule has 8 nitrogen and oxygen atoms in total. The molecule has 0 aliphatic carbocycles. The van der Waals surface area contributed by atoms with Gasteiger partial charge in [-0.1, -0.05) is 53.7 Å². The number of hydrogen-bond acceptors (Lipinski definition) is 8. The van der Waals surface area contributed by atoms with Crippen molar-refractivity contribution < 1.29 is 22.7 Å². The minimum atomic E-state index is -3.24.